The van der Waals surface area contributed by atoms with Crippen molar-refractivity contribution in [3.8, 4) is 5.75 Å². The highest BCUT2D eigenvalue weighted by molar-refractivity contribution is 8.00. The number of piperidine rings is 2. The van der Waals surface area contributed by atoms with E-state index in [1.807, 2.05) is 11.8 Å². The molecule has 2 fully saturated rings. The van der Waals surface area contributed by atoms with Gasteiger partial charge in [0, 0.05) is 43.7 Å². The highest BCUT2D eigenvalue weighted by atomic mass is 32.2. The minimum atomic E-state index is -3.76. The van der Waals surface area contributed by atoms with E-state index in [9.17, 15) is 13.2 Å². The number of hydrogen-bond acceptors (Lipinski definition) is 6. The Morgan fingerprint density at radius 1 is 1.12 bits per heavy atom. The van der Waals surface area contributed by atoms with E-state index in [2.05, 4.69) is 21.5 Å². The summed E-state index contributed by atoms with van der Waals surface area (Å²) < 4.78 is 35.0. The Kier molecular flexibility index (Phi) is 7.62. The third-order valence-electron chi connectivity index (χ3n) is 7.30. The van der Waals surface area contributed by atoms with Gasteiger partial charge in [0.25, 0.3) is 10.0 Å². The lowest BCUT2D eigenvalue weighted by molar-refractivity contribution is -0.126. The van der Waals surface area contributed by atoms with Crippen molar-refractivity contribution in [2.24, 2.45) is 10.3 Å². The van der Waals surface area contributed by atoms with Gasteiger partial charge < -0.3 is 15.0 Å². The topological polar surface area (TPSA) is 91.3 Å². The van der Waals surface area contributed by atoms with E-state index in [1.54, 1.807) is 31.4 Å². The Hall–Kier alpha value is -2.39. The lowest BCUT2D eigenvalue weighted by Gasteiger charge is -2.34. The molecule has 3 heterocycles. The molecule has 1 N–H and O–H groups in total. The highest BCUT2D eigenvalue weighted by Gasteiger charge is 2.35. The van der Waals surface area contributed by atoms with E-state index in [-0.39, 0.29) is 16.7 Å². The van der Waals surface area contributed by atoms with E-state index in [0.29, 0.717) is 61.2 Å². The predicted octanol–water partition coefficient (Wildman–Crippen LogP) is 2.87. The molecule has 1 atom stereocenters. The normalized spacial score (nSPS) is 23.7. The Balaban J connectivity index is 1.33. The smallest absolute Gasteiger partial charge is 0.285 e. The SMILES string of the molecule is COc1ccc(C2=C(C)C(N3CCC(C(=O)NCCN4CCCCC4C)CC3)=NS2(=O)=O)cc1. The zero-order valence-corrected chi connectivity index (χ0v) is 21.2. The zero-order chi connectivity index (χ0) is 24.3. The summed E-state index contributed by atoms with van der Waals surface area (Å²) in [6.07, 6.45) is 5.15. The van der Waals surface area contributed by atoms with Crippen LogP contribution in [0.15, 0.2) is 34.2 Å². The second-order valence-electron chi connectivity index (χ2n) is 9.51. The first-order valence-corrected chi connectivity index (χ1v) is 13.7. The van der Waals surface area contributed by atoms with Crippen LogP contribution in [-0.4, -0.2) is 75.8 Å². The molecule has 0 spiro atoms. The van der Waals surface area contributed by atoms with Crippen LogP contribution in [0.25, 0.3) is 4.91 Å². The van der Waals surface area contributed by atoms with E-state index in [1.165, 1.54) is 19.3 Å². The third kappa shape index (κ3) is 5.30. The van der Waals surface area contributed by atoms with Crippen LogP contribution in [0.2, 0.25) is 0 Å². The maximum atomic E-state index is 12.9. The number of amides is 1. The van der Waals surface area contributed by atoms with Gasteiger partial charge in [-0.1, -0.05) is 6.42 Å². The van der Waals surface area contributed by atoms with Crippen molar-refractivity contribution in [2.75, 3.05) is 39.8 Å². The van der Waals surface area contributed by atoms with Crippen LogP contribution < -0.4 is 10.1 Å². The summed E-state index contributed by atoms with van der Waals surface area (Å²) in [4.78, 5) is 17.4. The summed E-state index contributed by atoms with van der Waals surface area (Å²) in [6.45, 7) is 8.00. The fraction of sp³-hybridized carbons (Fsp3) is 0.600. The lowest BCUT2D eigenvalue weighted by Crippen LogP contribution is -2.46. The maximum absolute atomic E-state index is 12.9. The van der Waals surface area contributed by atoms with Crippen molar-refractivity contribution in [2.45, 2.75) is 52.0 Å². The number of ether oxygens (including phenoxy) is 1. The number of methoxy groups -OCH3 is 1. The maximum Gasteiger partial charge on any atom is 0.285 e. The van der Waals surface area contributed by atoms with Gasteiger partial charge in [-0.25, -0.2) is 0 Å². The summed E-state index contributed by atoms with van der Waals surface area (Å²) in [7, 11) is -2.19. The Labute approximate surface area is 203 Å². The Bertz CT molecular complexity index is 1060. The molecule has 2 saturated heterocycles. The minimum absolute atomic E-state index is 0.0426. The average Bonchev–Trinajstić information content (AvgIpc) is 3.08. The molecule has 0 aliphatic carbocycles. The van der Waals surface area contributed by atoms with Crippen molar-refractivity contribution < 1.29 is 17.9 Å². The van der Waals surface area contributed by atoms with Crippen molar-refractivity contribution in [3.63, 3.8) is 0 Å². The molecule has 1 aromatic rings. The molecule has 1 amide bonds. The molecule has 3 aliphatic rings. The van der Waals surface area contributed by atoms with E-state index < -0.39 is 10.0 Å². The van der Waals surface area contributed by atoms with Gasteiger partial charge in [0.15, 0.2) is 0 Å². The van der Waals surface area contributed by atoms with Gasteiger partial charge in [-0.05, 0) is 75.9 Å². The standard InChI is InChI=1S/C25H36N4O4S/c1-18-6-4-5-14-28(18)17-13-26-25(30)21-11-15-29(16-12-21)24-19(2)23(34(31,32)27-24)20-7-9-22(33-3)10-8-20/h7-10,18,21H,4-6,11-17H2,1-3H3,(H,26,30). The van der Waals surface area contributed by atoms with Crippen LogP contribution in [0.4, 0.5) is 0 Å². The van der Waals surface area contributed by atoms with Crippen molar-refractivity contribution in [1.29, 1.82) is 0 Å². The second-order valence-corrected chi connectivity index (χ2v) is 11.0. The molecule has 186 valence electrons. The molecule has 9 heteroatoms. The fourth-order valence-corrected chi connectivity index (χ4v) is 6.72. The number of rotatable bonds is 6. The first-order chi connectivity index (χ1) is 16.3. The number of carbonyl (C=O) groups is 1. The molecular formula is C25H36N4O4S. The van der Waals surface area contributed by atoms with Gasteiger partial charge in [-0.15, -0.1) is 4.40 Å². The molecule has 0 radical (unpaired) electrons. The first kappa shape index (κ1) is 24.7. The third-order valence-corrected chi connectivity index (χ3v) is 8.77. The van der Waals surface area contributed by atoms with Crippen LogP contribution in [0.1, 0.15) is 51.5 Å². The van der Waals surface area contributed by atoms with Gasteiger partial charge >= 0.3 is 0 Å². The van der Waals surface area contributed by atoms with E-state index >= 15 is 0 Å². The Morgan fingerprint density at radius 2 is 1.82 bits per heavy atom. The number of amidine groups is 1. The van der Waals surface area contributed by atoms with Gasteiger partial charge in [0.2, 0.25) is 5.91 Å². The fourth-order valence-electron chi connectivity index (χ4n) is 5.24. The molecule has 34 heavy (non-hydrogen) atoms. The van der Waals surface area contributed by atoms with Crippen LogP contribution in [0, 0.1) is 5.92 Å². The van der Waals surface area contributed by atoms with E-state index in [0.717, 1.165) is 13.1 Å². The molecule has 0 bridgehead atoms. The number of carbonyl (C=O) groups excluding carboxylic acids is 1. The van der Waals surface area contributed by atoms with Crippen LogP contribution in [-0.2, 0) is 14.8 Å². The number of sulfonamides is 1. The number of nitrogens with one attached hydrogen (secondary N) is 1. The summed E-state index contributed by atoms with van der Waals surface area (Å²) >= 11 is 0. The molecule has 4 rings (SSSR count). The van der Waals surface area contributed by atoms with Crippen LogP contribution in [0.3, 0.4) is 0 Å². The molecule has 3 aliphatic heterocycles. The highest BCUT2D eigenvalue weighted by Crippen LogP contribution is 2.35. The van der Waals surface area contributed by atoms with E-state index in [4.69, 9.17) is 4.74 Å². The summed E-state index contributed by atoms with van der Waals surface area (Å²) in [5.74, 6) is 1.24. The number of likely N-dealkylation sites (tertiary alicyclic amines) is 2. The van der Waals surface area contributed by atoms with Gasteiger partial charge in [-0.2, -0.15) is 8.42 Å². The van der Waals surface area contributed by atoms with Crippen LogP contribution in [0.5, 0.6) is 5.75 Å². The molecule has 1 aromatic carbocycles. The minimum Gasteiger partial charge on any atom is -0.497 e. The number of benzene rings is 1. The monoisotopic (exact) mass is 488 g/mol. The van der Waals surface area contributed by atoms with Gasteiger partial charge in [0.05, 0.1) is 7.11 Å². The summed E-state index contributed by atoms with van der Waals surface area (Å²) in [6, 6.07) is 7.58. The zero-order valence-electron chi connectivity index (χ0n) is 20.4. The lowest BCUT2D eigenvalue weighted by atomic mass is 9.95. The summed E-state index contributed by atoms with van der Waals surface area (Å²) in [5.41, 5.74) is 1.26. The number of nitrogens with zero attached hydrogens (tertiary/aromatic N) is 3. The second kappa shape index (κ2) is 10.5. The largest absolute Gasteiger partial charge is 0.497 e. The van der Waals surface area contributed by atoms with Gasteiger partial charge in [0.1, 0.15) is 16.5 Å². The van der Waals surface area contributed by atoms with Gasteiger partial charge in [-0.3, -0.25) is 9.69 Å². The molecule has 8 nitrogen and oxygen atoms in total. The Morgan fingerprint density at radius 3 is 2.47 bits per heavy atom. The quantitative estimate of drug-likeness (QED) is 0.662. The number of hydrogen-bond donors (Lipinski definition) is 1. The molecular weight excluding hydrogens is 452 g/mol. The predicted molar refractivity (Wildman–Crippen MR) is 134 cm³/mol. The van der Waals surface area contributed by atoms with Crippen LogP contribution >= 0.6 is 0 Å². The van der Waals surface area contributed by atoms with Crippen molar-refractivity contribution in [3.05, 3.63) is 35.4 Å². The molecule has 0 aromatic heterocycles. The molecule has 0 saturated carbocycles. The van der Waals surface area contributed by atoms with Crippen molar-refractivity contribution in [1.82, 2.24) is 15.1 Å². The molecule has 1 unspecified atom stereocenters. The first-order valence-electron chi connectivity index (χ1n) is 12.3. The average molecular weight is 489 g/mol. The van der Waals surface area contributed by atoms with Crippen molar-refractivity contribution >= 4 is 26.7 Å². The summed E-state index contributed by atoms with van der Waals surface area (Å²) in [5, 5.41) is 3.12.